The van der Waals surface area contributed by atoms with E-state index in [-0.39, 0.29) is 11.6 Å². The van der Waals surface area contributed by atoms with Crippen LogP contribution in [0.3, 0.4) is 0 Å². The maximum Gasteiger partial charge on any atom is 0.226 e. The van der Waals surface area contributed by atoms with Gasteiger partial charge in [-0.1, -0.05) is 0 Å². The van der Waals surface area contributed by atoms with Crippen molar-refractivity contribution in [2.75, 3.05) is 18.0 Å². The Morgan fingerprint density at radius 3 is 2.64 bits per heavy atom. The molecule has 132 valence electrons. The van der Waals surface area contributed by atoms with Gasteiger partial charge in [-0.3, -0.25) is 9.48 Å². The van der Waals surface area contributed by atoms with Crippen LogP contribution in [0.15, 0.2) is 6.20 Å². The molecule has 1 amide bonds. The van der Waals surface area contributed by atoms with E-state index in [1.165, 1.54) is 12.6 Å². The summed E-state index contributed by atoms with van der Waals surface area (Å²) in [7, 11) is 1.82. The molecule has 2 aromatic rings. The zero-order valence-corrected chi connectivity index (χ0v) is 14.5. The van der Waals surface area contributed by atoms with Crippen molar-refractivity contribution in [3.8, 4) is 11.4 Å². The van der Waals surface area contributed by atoms with Crippen molar-refractivity contribution in [1.82, 2.24) is 24.6 Å². The predicted octanol–water partition coefficient (Wildman–Crippen LogP) is 1.87. The molecule has 7 nitrogen and oxygen atoms in total. The molecule has 2 aliphatic rings. The molecule has 0 saturated carbocycles. The Morgan fingerprint density at radius 2 is 1.92 bits per heavy atom. The Balaban J connectivity index is 1.73. The van der Waals surface area contributed by atoms with Crippen molar-refractivity contribution in [3.63, 3.8) is 0 Å². The average molecular weight is 344 g/mol. The van der Waals surface area contributed by atoms with Gasteiger partial charge in [0.2, 0.25) is 11.9 Å². The van der Waals surface area contributed by atoms with E-state index in [9.17, 15) is 9.18 Å². The van der Waals surface area contributed by atoms with Gasteiger partial charge in [0.25, 0.3) is 0 Å². The number of amides is 1. The third kappa shape index (κ3) is 2.75. The molecule has 25 heavy (non-hydrogen) atoms. The maximum absolute atomic E-state index is 14.5. The van der Waals surface area contributed by atoms with E-state index in [1.54, 1.807) is 16.5 Å². The summed E-state index contributed by atoms with van der Waals surface area (Å²) in [5.74, 6) is 0.0687. The first-order chi connectivity index (χ1) is 12.0. The lowest BCUT2D eigenvalue weighted by Crippen LogP contribution is -2.31. The summed E-state index contributed by atoms with van der Waals surface area (Å²) in [6, 6.07) is 0. The van der Waals surface area contributed by atoms with Gasteiger partial charge in [-0.25, -0.2) is 14.4 Å². The monoisotopic (exact) mass is 344 g/mol. The van der Waals surface area contributed by atoms with Crippen LogP contribution in [-0.4, -0.2) is 43.6 Å². The number of rotatable bonds is 2. The minimum Gasteiger partial charge on any atom is -0.341 e. The van der Waals surface area contributed by atoms with E-state index >= 15 is 0 Å². The first-order valence-corrected chi connectivity index (χ1v) is 8.62. The molecule has 0 N–H and O–H groups in total. The first kappa shape index (κ1) is 16.0. The summed E-state index contributed by atoms with van der Waals surface area (Å²) in [4.78, 5) is 24.2. The second-order valence-corrected chi connectivity index (χ2v) is 6.69. The third-order valence-electron chi connectivity index (χ3n) is 5.00. The number of fused-ring (bicyclic) bond motifs is 1. The molecule has 2 aromatic heterocycles. The predicted molar refractivity (Wildman–Crippen MR) is 90.2 cm³/mol. The lowest BCUT2D eigenvalue weighted by atomic mass is 10.1. The summed E-state index contributed by atoms with van der Waals surface area (Å²) in [6.07, 6.45) is 4.63. The number of nitrogens with zero attached hydrogens (tertiary/aromatic N) is 6. The molecule has 4 heterocycles. The molecular formula is C17H21FN6O. The van der Waals surface area contributed by atoms with Crippen molar-refractivity contribution < 1.29 is 9.18 Å². The standard InChI is InChI=1S/C17H21FN6O/c1-11(25)24-9-12-14(10-24)22(2)21-15(12)16-13(18)8-19-17(20-16)23-6-4-3-5-7-23/h8H,3-7,9-10H2,1-2H3. The van der Waals surface area contributed by atoms with Gasteiger partial charge >= 0.3 is 0 Å². The Kier molecular flexibility index (Phi) is 3.89. The molecule has 0 radical (unpaired) electrons. The third-order valence-corrected chi connectivity index (χ3v) is 5.00. The summed E-state index contributed by atoms with van der Waals surface area (Å²) >= 11 is 0. The van der Waals surface area contributed by atoms with Gasteiger partial charge in [0.15, 0.2) is 5.82 Å². The van der Waals surface area contributed by atoms with Crippen molar-refractivity contribution in [2.45, 2.75) is 39.3 Å². The minimum atomic E-state index is -0.483. The van der Waals surface area contributed by atoms with E-state index in [1.807, 2.05) is 7.05 Å². The van der Waals surface area contributed by atoms with Crippen LogP contribution < -0.4 is 4.90 Å². The number of aromatic nitrogens is 4. The Morgan fingerprint density at radius 1 is 1.16 bits per heavy atom. The van der Waals surface area contributed by atoms with E-state index in [0.717, 1.165) is 37.2 Å². The summed E-state index contributed by atoms with van der Waals surface area (Å²) in [5.41, 5.74) is 2.54. The second kappa shape index (κ2) is 6.09. The minimum absolute atomic E-state index is 0.000634. The van der Waals surface area contributed by atoms with E-state index in [4.69, 9.17) is 0 Å². The van der Waals surface area contributed by atoms with Gasteiger partial charge in [0.1, 0.15) is 11.4 Å². The Labute approximate surface area is 145 Å². The van der Waals surface area contributed by atoms with Gasteiger partial charge in [0, 0.05) is 32.6 Å². The number of halogens is 1. The van der Waals surface area contributed by atoms with E-state index < -0.39 is 5.82 Å². The molecule has 1 fully saturated rings. The van der Waals surface area contributed by atoms with Crippen LogP contribution in [0.5, 0.6) is 0 Å². The SMILES string of the molecule is CC(=O)N1Cc2c(-c3nc(N4CCCCC4)ncc3F)nn(C)c2C1. The van der Waals surface area contributed by atoms with Crippen LogP contribution in [0.1, 0.15) is 37.4 Å². The average Bonchev–Trinajstić information content (AvgIpc) is 3.17. The highest BCUT2D eigenvalue weighted by atomic mass is 19.1. The van der Waals surface area contributed by atoms with Gasteiger partial charge in [-0.2, -0.15) is 5.10 Å². The fraction of sp³-hybridized carbons (Fsp3) is 0.529. The normalized spacial score (nSPS) is 17.1. The number of piperidine rings is 1. The summed E-state index contributed by atoms with van der Waals surface area (Å²) in [6.45, 7) is 4.27. The molecule has 0 atom stereocenters. The highest BCUT2D eigenvalue weighted by Gasteiger charge is 2.30. The van der Waals surface area contributed by atoms with Crippen molar-refractivity contribution in [2.24, 2.45) is 7.05 Å². The second-order valence-electron chi connectivity index (χ2n) is 6.69. The van der Waals surface area contributed by atoms with Crippen LogP contribution in [0.25, 0.3) is 11.4 Å². The largest absolute Gasteiger partial charge is 0.341 e. The fourth-order valence-corrected chi connectivity index (χ4v) is 3.58. The van der Waals surface area contributed by atoms with Crippen molar-refractivity contribution in [1.29, 1.82) is 0 Å². The molecule has 0 unspecified atom stereocenters. The Hall–Kier alpha value is -2.51. The van der Waals surface area contributed by atoms with Crippen molar-refractivity contribution >= 4 is 11.9 Å². The van der Waals surface area contributed by atoms with Crippen LogP contribution in [-0.2, 0) is 24.9 Å². The molecule has 0 aromatic carbocycles. The topological polar surface area (TPSA) is 67.2 Å². The Bertz CT molecular complexity index is 827. The number of carbonyl (C=O) groups is 1. The lowest BCUT2D eigenvalue weighted by molar-refractivity contribution is -0.129. The quantitative estimate of drug-likeness (QED) is 0.832. The smallest absolute Gasteiger partial charge is 0.226 e. The van der Waals surface area contributed by atoms with Crippen LogP contribution in [0.2, 0.25) is 0 Å². The molecule has 1 saturated heterocycles. The van der Waals surface area contributed by atoms with Gasteiger partial charge in [-0.15, -0.1) is 0 Å². The van der Waals surface area contributed by atoms with Gasteiger partial charge in [0.05, 0.1) is 25.0 Å². The zero-order valence-electron chi connectivity index (χ0n) is 14.5. The number of hydrogen-bond donors (Lipinski definition) is 0. The molecule has 0 bridgehead atoms. The summed E-state index contributed by atoms with van der Waals surface area (Å²) < 4.78 is 16.2. The van der Waals surface area contributed by atoms with Crippen LogP contribution >= 0.6 is 0 Å². The molecule has 0 spiro atoms. The fourth-order valence-electron chi connectivity index (χ4n) is 3.58. The van der Waals surface area contributed by atoms with E-state index in [0.29, 0.717) is 24.7 Å². The molecule has 0 aliphatic carbocycles. The molecule has 4 rings (SSSR count). The highest BCUT2D eigenvalue weighted by Crippen LogP contribution is 2.33. The zero-order chi connectivity index (χ0) is 17.6. The highest BCUT2D eigenvalue weighted by molar-refractivity contribution is 5.75. The first-order valence-electron chi connectivity index (χ1n) is 8.62. The number of aryl methyl sites for hydroxylation is 1. The van der Waals surface area contributed by atoms with Crippen LogP contribution in [0, 0.1) is 5.82 Å². The van der Waals surface area contributed by atoms with E-state index in [2.05, 4.69) is 20.0 Å². The lowest BCUT2D eigenvalue weighted by Gasteiger charge is -2.26. The van der Waals surface area contributed by atoms with Crippen LogP contribution in [0.4, 0.5) is 10.3 Å². The number of anilines is 1. The molecule has 2 aliphatic heterocycles. The summed E-state index contributed by atoms with van der Waals surface area (Å²) in [5, 5.41) is 4.47. The number of hydrogen-bond acceptors (Lipinski definition) is 5. The van der Waals surface area contributed by atoms with Gasteiger partial charge in [-0.05, 0) is 19.3 Å². The molecule has 8 heteroatoms. The van der Waals surface area contributed by atoms with Gasteiger partial charge < -0.3 is 9.80 Å². The molecular weight excluding hydrogens is 323 g/mol. The number of carbonyl (C=O) groups excluding carboxylic acids is 1. The maximum atomic E-state index is 14.5. The van der Waals surface area contributed by atoms with Crippen molar-refractivity contribution in [3.05, 3.63) is 23.3 Å².